The van der Waals surface area contributed by atoms with Crippen molar-refractivity contribution >= 4 is 22.3 Å². The number of fused-ring (bicyclic) bond motifs is 1. The van der Waals surface area contributed by atoms with E-state index in [1.165, 1.54) is 6.07 Å². The molecule has 3 rings (SSSR count). The van der Waals surface area contributed by atoms with E-state index in [4.69, 9.17) is 4.42 Å². The first kappa shape index (κ1) is 12.2. The minimum atomic E-state index is -0.550. The summed E-state index contributed by atoms with van der Waals surface area (Å²) < 4.78 is 5.10. The molecule has 0 aliphatic heterocycles. The van der Waals surface area contributed by atoms with Gasteiger partial charge >= 0.3 is 5.88 Å². The van der Waals surface area contributed by atoms with Crippen LogP contribution < -0.4 is 5.32 Å². The number of hydrogen-bond acceptors (Lipinski definition) is 5. The summed E-state index contributed by atoms with van der Waals surface area (Å²) in [5.41, 5.74) is 0.912. The van der Waals surface area contributed by atoms with Gasteiger partial charge in [0.05, 0.1) is 12.6 Å². The molecule has 0 bridgehead atoms. The number of anilines is 1. The van der Waals surface area contributed by atoms with Gasteiger partial charge in [-0.3, -0.25) is 15.1 Å². The van der Waals surface area contributed by atoms with E-state index in [2.05, 4.69) is 10.3 Å². The van der Waals surface area contributed by atoms with Crippen molar-refractivity contribution in [1.82, 2.24) is 4.98 Å². The zero-order chi connectivity index (χ0) is 13.9. The number of nitrogens with zero attached hydrogens (tertiary/aromatic N) is 2. The van der Waals surface area contributed by atoms with Gasteiger partial charge in [-0.25, -0.2) is 0 Å². The SMILES string of the molecule is O=[N+]([O-])c1ccc(CNc2cccc3ccncc23)o1. The van der Waals surface area contributed by atoms with Gasteiger partial charge in [0.15, 0.2) is 0 Å². The van der Waals surface area contributed by atoms with Crippen molar-refractivity contribution in [2.24, 2.45) is 0 Å². The normalized spacial score (nSPS) is 10.6. The molecule has 3 aromatic rings. The molecule has 2 aromatic heterocycles. The van der Waals surface area contributed by atoms with Gasteiger partial charge in [0, 0.05) is 23.5 Å². The van der Waals surface area contributed by atoms with Gasteiger partial charge in [0.25, 0.3) is 0 Å². The van der Waals surface area contributed by atoms with Crippen LogP contribution in [0.2, 0.25) is 0 Å². The van der Waals surface area contributed by atoms with Gasteiger partial charge in [0.1, 0.15) is 10.7 Å². The van der Waals surface area contributed by atoms with Crippen LogP contribution in [0.3, 0.4) is 0 Å². The van der Waals surface area contributed by atoms with Crippen molar-refractivity contribution in [3.8, 4) is 0 Å². The van der Waals surface area contributed by atoms with Crippen molar-refractivity contribution in [1.29, 1.82) is 0 Å². The van der Waals surface area contributed by atoms with Crippen LogP contribution in [0, 0.1) is 10.1 Å². The molecule has 100 valence electrons. The van der Waals surface area contributed by atoms with Crippen LogP contribution in [0.1, 0.15) is 5.76 Å². The van der Waals surface area contributed by atoms with Gasteiger partial charge < -0.3 is 9.73 Å². The molecule has 0 amide bonds. The number of benzene rings is 1. The highest BCUT2D eigenvalue weighted by Gasteiger charge is 2.11. The van der Waals surface area contributed by atoms with Gasteiger partial charge in [-0.2, -0.15) is 0 Å². The number of hydrogen-bond donors (Lipinski definition) is 1. The van der Waals surface area contributed by atoms with Crippen LogP contribution in [0.25, 0.3) is 10.8 Å². The van der Waals surface area contributed by atoms with Gasteiger partial charge in [-0.15, -0.1) is 0 Å². The summed E-state index contributed by atoms with van der Waals surface area (Å²) in [6, 6.07) is 10.7. The number of rotatable bonds is 4. The summed E-state index contributed by atoms with van der Waals surface area (Å²) in [4.78, 5) is 14.1. The second-order valence-electron chi connectivity index (χ2n) is 4.25. The lowest BCUT2D eigenvalue weighted by Crippen LogP contribution is -1.98. The fourth-order valence-corrected chi connectivity index (χ4v) is 2.01. The minimum absolute atomic E-state index is 0.249. The Hall–Kier alpha value is -2.89. The average molecular weight is 269 g/mol. The molecule has 0 aliphatic carbocycles. The number of pyridine rings is 1. The smallest absolute Gasteiger partial charge is 0.404 e. The van der Waals surface area contributed by atoms with Crippen molar-refractivity contribution in [2.75, 3.05) is 5.32 Å². The van der Waals surface area contributed by atoms with E-state index in [0.29, 0.717) is 12.3 Å². The molecule has 0 saturated carbocycles. The highest BCUT2D eigenvalue weighted by molar-refractivity contribution is 5.92. The third kappa shape index (κ3) is 2.31. The van der Waals surface area contributed by atoms with Crippen molar-refractivity contribution < 1.29 is 9.34 Å². The molecule has 2 heterocycles. The highest BCUT2D eigenvalue weighted by atomic mass is 16.6. The molecule has 0 spiro atoms. The first-order valence-corrected chi connectivity index (χ1v) is 6.04. The quantitative estimate of drug-likeness (QED) is 0.580. The number of nitro groups is 1. The fourth-order valence-electron chi connectivity index (χ4n) is 2.01. The molecule has 0 fully saturated rings. The van der Waals surface area contributed by atoms with Crippen LogP contribution in [0.5, 0.6) is 0 Å². The Kier molecular flexibility index (Phi) is 3.04. The summed E-state index contributed by atoms with van der Waals surface area (Å²) in [6.07, 6.45) is 3.52. The summed E-state index contributed by atoms with van der Waals surface area (Å²) in [6.45, 7) is 0.377. The third-order valence-corrected chi connectivity index (χ3v) is 2.96. The van der Waals surface area contributed by atoms with E-state index in [1.807, 2.05) is 24.3 Å². The first-order valence-electron chi connectivity index (χ1n) is 6.04. The lowest BCUT2D eigenvalue weighted by atomic mass is 10.1. The Morgan fingerprint density at radius 3 is 2.95 bits per heavy atom. The van der Waals surface area contributed by atoms with Crippen LogP contribution in [-0.4, -0.2) is 9.91 Å². The predicted octanol–water partition coefficient (Wildman–Crippen LogP) is 3.35. The zero-order valence-corrected chi connectivity index (χ0v) is 10.4. The van der Waals surface area contributed by atoms with E-state index in [1.54, 1.807) is 18.5 Å². The van der Waals surface area contributed by atoms with Crippen LogP contribution in [0.4, 0.5) is 11.6 Å². The van der Waals surface area contributed by atoms with E-state index in [9.17, 15) is 10.1 Å². The number of furan rings is 1. The molecule has 0 atom stereocenters. The van der Waals surface area contributed by atoms with E-state index < -0.39 is 4.92 Å². The Morgan fingerprint density at radius 2 is 2.15 bits per heavy atom. The molecular formula is C14H11N3O3. The third-order valence-electron chi connectivity index (χ3n) is 2.96. The van der Waals surface area contributed by atoms with Crippen molar-refractivity contribution in [2.45, 2.75) is 6.54 Å². The maximum Gasteiger partial charge on any atom is 0.433 e. The molecule has 20 heavy (non-hydrogen) atoms. The van der Waals surface area contributed by atoms with Crippen LogP contribution in [0.15, 0.2) is 53.2 Å². The lowest BCUT2D eigenvalue weighted by molar-refractivity contribution is -0.402. The Morgan fingerprint density at radius 1 is 1.25 bits per heavy atom. The van der Waals surface area contributed by atoms with Crippen molar-refractivity contribution in [3.05, 3.63) is 64.7 Å². The number of aromatic nitrogens is 1. The molecule has 0 radical (unpaired) electrons. The molecule has 1 aromatic carbocycles. The van der Waals surface area contributed by atoms with Gasteiger partial charge in [-0.05, 0) is 23.6 Å². The summed E-state index contributed by atoms with van der Waals surface area (Å²) in [5, 5.41) is 15.8. The topological polar surface area (TPSA) is 81.2 Å². The molecule has 0 saturated heterocycles. The standard InChI is InChI=1S/C14H11N3O3/c18-17(19)14-5-4-11(20-14)8-16-13-3-1-2-10-6-7-15-9-12(10)13/h1-7,9,16H,8H2. The Labute approximate surface area is 114 Å². The van der Waals surface area contributed by atoms with E-state index in [-0.39, 0.29) is 5.88 Å². The summed E-state index contributed by atoms with van der Waals surface area (Å²) >= 11 is 0. The second kappa shape index (κ2) is 5.00. The van der Waals surface area contributed by atoms with Crippen LogP contribution in [-0.2, 0) is 6.54 Å². The molecule has 6 heteroatoms. The van der Waals surface area contributed by atoms with Gasteiger partial charge in [0.2, 0.25) is 0 Å². The van der Waals surface area contributed by atoms with Crippen LogP contribution >= 0.6 is 0 Å². The monoisotopic (exact) mass is 269 g/mol. The average Bonchev–Trinajstić information content (AvgIpc) is 2.94. The first-order chi connectivity index (χ1) is 9.74. The maximum atomic E-state index is 10.5. The molecule has 0 unspecified atom stereocenters. The fraction of sp³-hybridized carbons (Fsp3) is 0.0714. The molecule has 0 aliphatic rings. The summed E-state index contributed by atoms with van der Waals surface area (Å²) in [5.74, 6) is 0.263. The minimum Gasteiger partial charge on any atom is -0.404 e. The van der Waals surface area contributed by atoms with E-state index >= 15 is 0 Å². The molecule has 1 N–H and O–H groups in total. The molecular weight excluding hydrogens is 258 g/mol. The summed E-state index contributed by atoms with van der Waals surface area (Å²) in [7, 11) is 0. The molecule has 6 nitrogen and oxygen atoms in total. The van der Waals surface area contributed by atoms with E-state index in [0.717, 1.165) is 16.5 Å². The zero-order valence-electron chi connectivity index (χ0n) is 10.4. The maximum absolute atomic E-state index is 10.5. The highest BCUT2D eigenvalue weighted by Crippen LogP contribution is 2.23. The Balaban J connectivity index is 1.81. The largest absolute Gasteiger partial charge is 0.433 e. The predicted molar refractivity (Wildman–Crippen MR) is 74.4 cm³/mol. The second-order valence-corrected chi connectivity index (χ2v) is 4.25. The van der Waals surface area contributed by atoms with Crippen molar-refractivity contribution in [3.63, 3.8) is 0 Å². The number of nitrogens with one attached hydrogen (secondary N) is 1. The van der Waals surface area contributed by atoms with Gasteiger partial charge in [-0.1, -0.05) is 12.1 Å². The lowest BCUT2D eigenvalue weighted by Gasteiger charge is -2.07. The Bertz CT molecular complexity index is 762.